The van der Waals surface area contributed by atoms with Gasteiger partial charge in [0.25, 0.3) is 0 Å². The highest BCUT2D eigenvalue weighted by Crippen LogP contribution is 2.39. The first kappa shape index (κ1) is 17.9. The molecule has 0 fully saturated rings. The second-order valence-electron chi connectivity index (χ2n) is 5.68. The normalized spacial score (nSPS) is 17.3. The molecule has 0 amide bonds. The fourth-order valence-electron chi connectivity index (χ4n) is 2.96. The molecule has 0 radical (unpaired) electrons. The zero-order chi connectivity index (χ0) is 18.8. The van der Waals surface area contributed by atoms with Crippen LogP contribution in [-0.4, -0.2) is 22.1 Å². The number of anilines is 1. The number of ketones is 1. The van der Waals surface area contributed by atoms with Gasteiger partial charge in [0.1, 0.15) is 16.7 Å². The molecule has 1 unspecified atom stereocenters. The highest BCUT2D eigenvalue weighted by Gasteiger charge is 2.34. The number of benzene rings is 1. The largest absolute Gasteiger partial charge is 0.433 e. The number of Topliss-reactive ketones (excluding diaryl/α,β-unsaturated/α-hetero) is 1. The van der Waals surface area contributed by atoms with E-state index in [1.807, 2.05) is 48.4 Å². The summed E-state index contributed by atoms with van der Waals surface area (Å²) in [6.07, 6.45) is 1.89. The molecule has 1 aliphatic heterocycles. The number of carbonyl (C=O) groups is 1. The molecule has 3 rings (SSSR count). The average molecular weight is 371 g/mol. The minimum absolute atomic E-state index is 0.156. The second kappa shape index (κ2) is 7.17. The highest BCUT2D eigenvalue weighted by atomic mass is 32.2. The summed E-state index contributed by atoms with van der Waals surface area (Å²) in [6, 6.07) is 11.7. The lowest BCUT2D eigenvalue weighted by Crippen LogP contribution is -2.34. The average Bonchev–Trinajstić information content (AvgIpc) is 3.11. The zero-order valence-electron chi connectivity index (χ0n) is 14.5. The molecule has 26 heavy (non-hydrogen) atoms. The maximum atomic E-state index is 12.4. The van der Waals surface area contributed by atoms with E-state index in [9.17, 15) is 14.9 Å². The lowest BCUT2D eigenvalue weighted by atomic mass is 9.97. The van der Waals surface area contributed by atoms with E-state index in [1.54, 1.807) is 0 Å². The van der Waals surface area contributed by atoms with Crippen LogP contribution in [-0.2, 0) is 4.79 Å². The van der Waals surface area contributed by atoms with Gasteiger partial charge in [0.05, 0.1) is 6.07 Å². The van der Waals surface area contributed by atoms with Crippen LogP contribution in [0.5, 0.6) is 0 Å². The third-order valence-corrected chi connectivity index (χ3v) is 4.72. The summed E-state index contributed by atoms with van der Waals surface area (Å²) >= 11 is 1.43. The van der Waals surface area contributed by atoms with E-state index < -0.39 is 11.0 Å². The van der Waals surface area contributed by atoms with Crippen LogP contribution in [0.1, 0.15) is 25.6 Å². The van der Waals surface area contributed by atoms with Crippen LogP contribution >= 0.6 is 11.8 Å². The maximum Gasteiger partial charge on any atom is 0.433 e. The SMILES string of the molecule is CSC1=NC(c2ccc([N+](=O)[O-])o2)C(C(C)=O)=C(C)N1c1ccccc1. The summed E-state index contributed by atoms with van der Waals surface area (Å²) in [6.45, 7) is 3.31. The number of hydrogen-bond donors (Lipinski definition) is 0. The molecule has 1 aliphatic rings. The van der Waals surface area contributed by atoms with Gasteiger partial charge in [-0.05, 0) is 38.3 Å². The van der Waals surface area contributed by atoms with Crippen molar-refractivity contribution in [3.63, 3.8) is 0 Å². The van der Waals surface area contributed by atoms with Gasteiger partial charge in [-0.25, -0.2) is 4.99 Å². The monoisotopic (exact) mass is 371 g/mol. The van der Waals surface area contributed by atoms with E-state index in [1.165, 1.54) is 30.8 Å². The Kier molecular flexibility index (Phi) is 4.94. The number of hydrogen-bond acceptors (Lipinski definition) is 7. The van der Waals surface area contributed by atoms with Crippen molar-refractivity contribution >= 4 is 34.3 Å². The van der Waals surface area contributed by atoms with E-state index in [0.717, 1.165) is 11.4 Å². The van der Waals surface area contributed by atoms with Gasteiger partial charge >= 0.3 is 5.88 Å². The third-order valence-electron chi connectivity index (χ3n) is 4.07. The number of para-hydroxylation sites is 1. The lowest BCUT2D eigenvalue weighted by Gasteiger charge is -2.33. The number of carbonyl (C=O) groups excluding carboxylic acids is 1. The lowest BCUT2D eigenvalue weighted by molar-refractivity contribution is -0.402. The standard InChI is InChI=1S/C18H17N3O4S/c1-11-16(12(2)22)17(14-9-10-15(25-14)21(23)24)19-18(26-3)20(11)13-7-5-4-6-8-13/h4-10,17H,1-3H3. The fraction of sp³-hybridized carbons (Fsp3) is 0.222. The molecule has 1 atom stereocenters. The molecule has 1 aromatic carbocycles. The predicted molar refractivity (Wildman–Crippen MR) is 101 cm³/mol. The highest BCUT2D eigenvalue weighted by molar-refractivity contribution is 8.13. The van der Waals surface area contributed by atoms with Crippen LogP contribution in [0, 0.1) is 10.1 Å². The first-order valence-corrected chi connectivity index (χ1v) is 9.09. The number of amidine groups is 1. The molecular formula is C18H17N3O4S. The first-order valence-electron chi connectivity index (χ1n) is 7.86. The molecular weight excluding hydrogens is 354 g/mol. The number of furan rings is 1. The predicted octanol–water partition coefficient (Wildman–Crippen LogP) is 4.33. The summed E-state index contributed by atoms with van der Waals surface area (Å²) in [5.41, 5.74) is 2.07. The van der Waals surface area contributed by atoms with Crippen LogP contribution in [0.3, 0.4) is 0 Å². The van der Waals surface area contributed by atoms with Gasteiger partial charge in [-0.15, -0.1) is 0 Å². The van der Waals surface area contributed by atoms with Crippen LogP contribution in [0.15, 0.2) is 63.1 Å². The van der Waals surface area contributed by atoms with E-state index in [-0.39, 0.29) is 17.4 Å². The molecule has 0 bridgehead atoms. The number of thioether (sulfide) groups is 1. The van der Waals surface area contributed by atoms with Crippen molar-refractivity contribution in [3.05, 3.63) is 69.6 Å². The molecule has 0 saturated heterocycles. The molecule has 8 heteroatoms. The van der Waals surface area contributed by atoms with Gasteiger partial charge < -0.3 is 4.42 Å². The summed E-state index contributed by atoms with van der Waals surface area (Å²) < 4.78 is 5.33. The molecule has 0 saturated carbocycles. The number of rotatable bonds is 4. The Labute approximate surface area is 154 Å². The minimum Gasteiger partial charge on any atom is -0.403 e. The quantitative estimate of drug-likeness (QED) is 0.587. The van der Waals surface area contributed by atoms with Crippen molar-refractivity contribution in [2.75, 3.05) is 11.2 Å². The molecule has 2 aromatic rings. The second-order valence-corrected chi connectivity index (χ2v) is 6.45. The Balaban J connectivity index is 2.14. The van der Waals surface area contributed by atoms with Crippen LogP contribution in [0.2, 0.25) is 0 Å². The summed E-state index contributed by atoms with van der Waals surface area (Å²) in [7, 11) is 0. The minimum atomic E-state index is -0.705. The molecule has 0 spiro atoms. The Hall–Kier alpha value is -2.87. The van der Waals surface area contributed by atoms with Crippen molar-refractivity contribution in [2.24, 2.45) is 4.99 Å². The van der Waals surface area contributed by atoms with Gasteiger partial charge in [-0.2, -0.15) is 0 Å². The van der Waals surface area contributed by atoms with Crippen molar-refractivity contribution < 1.29 is 14.1 Å². The van der Waals surface area contributed by atoms with E-state index in [4.69, 9.17) is 4.42 Å². The first-order chi connectivity index (χ1) is 12.4. The van der Waals surface area contributed by atoms with Gasteiger partial charge in [0.2, 0.25) is 0 Å². The third kappa shape index (κ3) is 3.15. The Morgan fingerprint density at radius 2 is 1.96 bits per heavy atom. The van der Waals surface area contributed by atoms with Gasteiger partial charge in [-0.1, -0.05) is 30.0 Å². The number of aliphatic imine (C=N–C) groups is 1. The summed E-state index contributed by atoms with van der Waals surface area (Å²) in [4.78, 5) is 29.3. The van der Waals surface area contributed by atoms with Crippen LogP contribution < -0.4 is 4.90 Å². The Morgan fingerprint density at radius 1 is 1.27 bits per heavy atom. The van der Waals surface area contributed by atoms with Crippen molar-refractivity contribution in [1.29, 1.82) is 0 Å². The molecule has 134 valence electrons. The number of nitrogens with zero attached hydrogens (tertiary/aromatic N) is 3. The zero-order valence-corrected chi connectivity index (χ0v) is 15.3. The molecule has 2 heterocycles. The van der Waals surface area contributed by atoms with Gasteiger partial charge in [0.15, 0.2) is 11.0 Å². The molecule has 1 aromatic heterocycles. The Morgan fingerprint density at radius 3 is 2.50 bits per heavy atom. The molecule has 0 aliphatic carbocycles. The van der Waals surface area contributed by atoms with Crippen LogP contribution in [0.25, 0.3) is 0 Å². The number of allylic oxidation sites excluding steroid dienone is 1. The van der Waals surface area contributed by atoms with Crippen molar-refractivity contribution in [2.45, 2.75) is 19.9 Å². The maximum absolute atomic E-state index is 12.4. The van der Waals surface area contributed by atoms with E-state index >= 15 is 0 Å². The summed E-state index contributed by atoms with van der Waals surface area (Å²) in [5, 5.41) is 11.6. The molecule has 7 nitrogen and oxygen atoms in total. The fourth-order valence-corrected chi connectivity index (χ4v) is 3.60. The van der Waals surface area contributed by atoms with E-state index in [0.29, 0.717) is 10.7 Å². The topological polar surface area (TPSA) is 89.0 Å². The smallest absolute Gasteiger partial charge is 0.403 e. The van der Waals surface area contributed by atoms with Crippen LogP contribution in [0.4, 0.5) is 11.6 Å². The van der Waals surface area contributed by atoms with E-state index in [2.05, 4.69) is 4.99 Å². The molecule has 0 N–H and O–H groups in total. The van der Waals surface area contributed by atoms with Crippen molar-refractivity contribution in [1.82, 2.24) is 0 Å². The summed E-state index contributed by atoms with van der Waals surface area (Å²) in [5.74, 6) is -0.246. The van der Waals surface area contributed by atoms with Gasteiger partial charge in [-0.3, -0.25) is 19.8 Å². The van der Waals surface area contributed by atoms with Gasteiger partial charge in [0, 0.05) is 17.0 Å². The Bertz CT molecular complexity index is 918. The number of nitro groups is 1. The van der Waals surface area contributed by atoms with Crippen molar-refractivity contribution in [3.8, 4) is 0 Å².